The molecule has 0 aliphatic heterocycles. The summed E-state index contributed by atoms with van der Waals surface area (Å²) in [7, 11) is 0. The fourth-order valence-electron chi connectivity index (χ4n) is 2.86. The molecular formula is C21H44O2. The Hall–Kier alpha value is -0.0800. The third-order valence-corrected chi connectivity index (χ3v) is 4.36. The highest BCUT2D eigenvalue weighted by Gasteiger charge is 1.94. The van der Waals surface area contributed by atoms with Crippen LogP contribution >= 0.6 is 0 Å². The lowest BCUT2D eigenvalue weighted by atomic mass is 10.0. The van der Waals surface area contributed by atoms with Gasteiger partial charge in [0.1, 0.15) is 0 Å². The first kappa shape index (κ1) is 22.9. The van der Waals surface area contributed by atoms with E-state index in [0.29, 0.717) is 0 Å². The van der Waals surface area contributed by atoms with Crippen LogP contribution in [0.3, 0.4) is 0 Å². The van der Waals surface area contributed by atoms with E-state index in [9.17, 15) is 0 Å². The third kappa shape index (κ3) is 21.9. The van der Waals surface area contributed by atoms with Crippen LogP contribution in [0.25, 0.3) is 0 Å². The molecule has 0 aliphatic rings. The first-order valence-corrected chi connectivity index (χ1v) is 10.6. The highest BCUT2D eigenvalue weighted by atomic mass is 16.5. The molecule has 0 aromatic heterocycles. The van der Waals surface area contributed by atoms with Crippen molar-refractivity contribution in [3.05, 3.63) is 0 Å². The van der Waals surface area contributed by atoms with Gasteiger partial charge < -0.3 is 9.47 Å². The maximum atomic E-state index is 5.56. The van der Waals surface area contributed by atoms with Gasteiger partial charge in [-0.3, -0.25) is 0 Å². The molecule has 0 spiro atoms. The zero-order chi connectivity index (χ0) is 16.8. The van der Waals surface area contributed by atoms with Crippen LogP contribution in [-0.4, -0.2) is 26.4 Å². The van der Waals surface area contributed by atoms with Gasteiger partial charge in [0.25, 0.3) is 0 Å². The van der Waals surface area contributed by atoms with Crippen molar-refractivity contribution in [2.24, 2.45) is 0 Å². The minimum absolute atomic E-state index is 0.756. The predicted molar refractivity (Wildman–Crippen MR) is 102 cm³/mol. The quantitative estimate of drug-likeness (QED) is 0.226. The molecule has 0 aromatic rings. The van der Waals surface area contributed by atoms with E-state index in [1.54, 1.807) is 0 Å². The third-order valence-electron chi connectivity index (χ3n) is 4.36. The molecule has 2 heteroatoms. The molecule has 0 amide bonds. The van der Waals surface area contributed by atoms with Gasteiger partial charge in [0, 0.05) is 13.2 Å². The van der Waals surface area contributed by atoms with Gasteiger partial charge in [-0.1, -0.05) is 97.3 Å². The Morgan fingerprint density at radius 2 is 0.739 bits per heavy atom. The summed E-state index contributed by atoms with van der Waals surface area (Å²) in [6.07, 6.45) is 20.8. The summed E-state index contributed by atoms with van der Waals surface area (Å²) in [5, 5.41) is 0. The highest BCUT2D eigenvalue weighted by molar-refractivity contribution is 4.49. The molecule has 0 saturated heterocycles. The van der Waals surface area contributed by atoms with Gasteiger partial charge in [-0.25, -0.2) is 0 Å². The lowest BCUT2D eigenvalue weighted by molar-refractivity contribution is 0.0465. The smallest absolute Gasteiger partial charge is 0.0700 e. The molecular weight excluding hydrogens is 284 g/mol. The van der Waals surface area contributed by atoms with Crippen molar-refractivity contribution in [1.29, 1.82) is 0 Å². The second kappa shape index (κ2) is 21.9. The van der Waals surface area contributed by atoms with E-state index in [1.807, 2.05) is 0 Å². The molecule has 0 unspecified atom stereocenters. The Morgan fingerprint density at radius 1 is 0.348 bits per heavy atom. The van der Waals surface area contributed by atoms with Crippen molar-refractivity contribution in [2.75, 3.05) is 26.4 Å². The van der Waals surface area contributed by atoms with Crippen LogP contribution in [0.4, 0.5) is 0 Å². The molecule has 2 nitrogen and oxygen atoms in total. The fourth-order valence-corrected chi connectivity index (χ4v) is 2.86. The van der Waals surface area contributed by atoms with Crippen molar-refractivity contribution in [2.45, 2.75) is 110 Å². The Labute approximate surface area is 146 Å². The van der Waals surface area contributed by atoms with Crippen molar-refractivity contribution in [3.8, 4) is 0 Å². The monoisotopic (exact) mass is 328 g/mol. The normalized spacial score (nSPS) is 11.2. The summed E-state index contributed by atoms with van der Waals surface area (Å²) in [4.78, 5) is 0. The van der Waals surface area contributed by atoms with E-state index in [2.05, 4.69) is 13.8 Å². The van der Waals surface area contributed by atoms with Crippen LogP contribution in [0.15, 0.2) is 0 Å². The van der Waals surface area contributed by atoms with Gasteiger partial charge >= 0.3 is 0 Å². The number of ether oxygens (including phenoxy) is 2. The van der Waals surface area contributed by atoms with Gasteiger partial charge in [-0.15, -0.1) is 0 Å². The van der Waals surface area contributed by atoms with E-state index in [1.165, 1.54) is 89.9 Å². The lowest BCUT2D eigenvalue weighted by Crippen LogP contribution is -2.05. The largest absolute Gasteiger partial charge is 0.379 e. The summed E-state index contributed by atoms with van der Waals surface area (Å²) in [6.45, 7) is 7.72. The topological polar surface area (TPSA) is 18.5 Å². The maximum absolute atomic E-state index is 5.56. The Kier molecular flexibility index (Phi) is 21.8. The molecule has 23 heavy (non-hydrogen) atoms. The summed E-state index contributed by atoms with van der Waals surface area (Å²) in [5.74, 6) is 0. The van der Waals surface area contributed by atoms with Gasteiger partial charge in [0.05, 0.1) is 13.2 Å². The molecule has 0 radical (unpaired) electrons. The average molecular weight is 329 g/mol. The van der Waals surface area contributed by atoms with Gasteiger partial charge in [-0.2, -0.15) is 0 Å². The molecule has 0 aliphatic carbocycles. The van der Waals surface area contributed by atoms with Crippen LogP contribution in [0.2, 0.25) is 0 Å². The van der Waals surface area contributed by atoms with E-state index in [4.69, 9.17) is 9.47 Å². The second-order valence-corrected chi connectivity index (χ2v) is 6.82. The molecule has 0 N–H and O–H groups in total. The molecule has 0 bridgehead atoms. The first-order valence-electron chi connectivity index (χ1n) is 10.6. The zero-order valence-electron chi connectivity index (χ0n) is 16.3. The molecule has 140 valence electrons. The van der Waals surface area contributed by atoms with Crippen molar-refractivity contribution in [3.63, 3.8) is 0 Å². The van der Waals surface area contributed by atoms with E-state index in [0.717, 1.165) is 32.8 Å². The van der Waals surface area contributed by atoms with Crippen LogP contribution < -0.4 is 0 Å². The van der Waals surface area contributed by atoms with Crippen molar-refractivity contribution in [1.82, 2.24) is 0 Å². The standard InChI is InChI=1S/C21H44O2/c1-3-5-6-7-8-9-10-11-12-13-14-15-16-17-19-23-21-20-22-18-4-2/h3-21H2,1-2H3. The van der Waals surface area contributed by atoms with Gasteiger partial charge in [-0.05, 0) is 12.8 Å². The Bertz CT molecular complexity index is 174. The van der Waals surface area contributed by atoms with Gasteiger partial charge in [0.15, 0.2) is 0 Å². The Balaban J connectivity index is 2.92. The Morgan fingerprint density at radius 3 is 1.17 bits per heavy atom. The number of hydrogen-bond acceptors (Lipinski definition) is 2. The molecule has 0 fully saturated rings. The van der Waals surface area contributed by atoms with E-state index in [-0.39, 0.29) is 0 Å². The molecule has 0 saturated carbocycles. The number of rotatable bonds is 20. The highest BCUT2D eigenvalue weighted by Crippen LogP contribution is 2.12. The lowest BCUT2D eigenvalue weighted by Gasteiger charge is -2.05. The molecule has 0 atom stereocenters. The summed E-state index contributed by atoms with van der Waals surface area (Å²) < 4.78 is 10.9. The second-order valence-electron chi connectivity index (χ2n) is 6.82. The summed E-state index contributed by atoms with van der Waals surface area (Å²) >= 11 is 0. The zero-order valence-corrected chi connectivity index (χ0v) is 16.3. The predicted octanol–water partition coefficient (Wildman–Crippen LogP) is 6.91. The van der Waals surface area contributed by atoms with E-state index >= 15 is 0 Å². The minimum Gasteiger partial charge on any atom is -0.379 e. The number of hydrogen-bond donors (Lipinski definition) is 0. The van der Waals surface area contributed by atoms with Crippen LogP contribution in [-0.2, 0) is 9.47 Å². The fraction of sp³-hybridized carbons (Fsp3) is 1.00. The molecule has 0 rings (SSSR count). The van der Waals surface area contributed by atoms with Crippen LogP contribution in [0, 0.1) is 0 Å². The molecule has 0 aromatic carbocycles. The number of unbranched alkanes of at least 4 members (excludes halogenated alkanes) is 13. The van der Waals surface area contributed by atoms with Crippen LogP contribution in [0.1, 0.15) is 110 Å². The van der Waals surface area contributed by atoms with Crippen molar-refractivity contribution >= 4 is 0 Å². The SMILES string of the molecule is CCCCCCCCCCCCCCCCOCCOCCC. The van der Waals surface area contributed by atoms with Crippen LogP contribution in [0.5, 0.6) is 0 Å². The first-order chi connectivity index (χ1) is 11.4. The molecule has 0 heterocycles. The maximum Gasteiger partial charge on any atom is 0.0700 e. The summed E-state index contributed by atoms with van der Waals surface area (Å²) in [5.41, 5.74) is 0. The van der Waals surface area contributed by atoms with Crippen molar-refractivity contribution < 1.29 is 9.47 Å². The average Bonchev–Trinajstić information content (AvgIpc) is 2.57. The summed E-state index contributed by atoms with van der Waals surface area (Å²) in [6, 6.07) is 0. The minimum atomic E-state index is 0.756. The van der Waals surface area contributed by atoms with Gasteiger partial charge in [0.2, 0.25) is 0 Å². The van der Waals surface area contributed by atoms with E-state index < -0.39 is 0 Å².